The summed E-state index contributed by atoms with van der Waals surface area (Å²) in [5.41, 5.74) is 0.519. The zero-order valence-corrected chi connectivity index (χ0v) is 11.8. The van der Waals surface area contributed by atoms with Crippen LogP contribution in [0.1, 0.15) is 5.56 Å². The van der Waals surface area contributed by atoms with Crippen molar-refractivity contribution in [2.75, 3.05) is 12.4 Å². The van der Waals surface area contributed by atoms with E-state index in [1.807, 2.05) is 0 Å². The zero-order valence-electron chi connectivity index (χ0n) is 11.8. The molecule has 0 aliphatic rings. The van der Waals surface area contributed by atoms with Gasteiger partial charge in [0, 0.05) is 11.3 Å². The Morgan fingerprint density at radius 3 is 2.50 bits per heavy atom. The van der Waals surface area contributed by atoms with E-state index in [2.05, 4.69) is 5.32 Å². The van der Waals surface area contributed by atoms with Crippen LogP contribution < -0.4 is 10.1 Å². The Labute approximate surface area is 127 Å². The molecule has 4 nitrogen and oxygen atoms in total. The molecule has 0 aromatic heterocycles. The number of benzene rings is 2. The third-order valence-electron chi connectivity index (χ3n) is 2.92. The Kier molecular flexibility index (Phi) is 4.89. The summed E-state index contributed by atoms with van der Waals surface area (Å²) < 4.78 is 18.6. The number of methoxy groups -OCH3 is 1. The number of carbonyl (C=O) groups excluding carboxylic acids is 1. The smallest absolute Gasteiger partial charge is 0.266 e. The van der Waals surface area contributed by atoms with Crippen molar-refractivity contribution in [2.24, 2.45) is 0 Å². The number of halogens is 1. The molecule has 0 heterocycles. The lowest BCUT2D eigenvalue weighted by Crippen LogP contribution is -2.13. The summed E-state index contributed by atoms with van der Waals surface area (Å²) in [6.45, 7) is 0. The Bertz CT molecular complexity index is 746. The fraction of sp³-hybridized carbons (Fsp3) is 0.0588. The molecular weight excluding hydrogens is 283 g/mol. The van der Waals surface area contributed by atoms with Crippen LogP contribution >= 0.6 is 0 Å². The zero-order chi connectivity index (χ0) is 15.9. The van der Waals surface area contributed by atoms with Crippen molar-refractivity contribution in [2.45, 2.75) is 0 Å². The summed E-state index contributed by atoms with van der Waals surface area (Å²) in [7, 11) is 1.54. The molecule has 2 rings (SSSR count). The minimum absolute atomic E-state index is 0.180. The molecule has 0 bridgehead atoms. The molecule has 0 aliphatic heterocycles. The van der Waals surface area contributed by atoms with Crippen molar-refractivity contribution in [3.8, 4) is 11.8 Å². The van der Waals surface area contributed by atoms with E-state index in [0.717, 1.165) is 0 Å². The van der Waals surface area contributed by atoms with Crippen molar-refractivity contribution in [1.82, 2.24) is 0 Å². The maximum absolute atomic E-state index is 13.6. The van der Waals surface area contributed by atoms with Crippen LogP contribution in [0.4, 0.5) is 10.1 Å². The molecule has 2 aromatic carbocycles. The molecule has 0 atom stereocenters. The number of amides is 1. The van der Waals surface area contributed by atoms with E-state index in [-0.39, 0.29) is 11.1 Å². The first-order valence-corrected chi connectivity index (χ1v) is 6.46. The average molecular weight is 296 g/mol. The van der Waals surface area contributed by atoms with Gasteiger partial charge in [-0.3, -0.25) is 4.79 Å². The van der Waals surface area contributed by atoms with Gasteiger partial charge in [-0.05, 0) is 36.4 Å². The van der Waals surface area contributed by atoms with E-state index < -0.39 is 11.7 Å². The molecule has 1 amide bonds. The SMILES string of the molecule is COc1ccc(NC(=O)/C(C#N)=C\c2ccccc2F)cc1. The van der Waals surface area contributed by atoms with E-state index in [0.29, 0.717) is 11.4 Å². The van der Waals surface area contributed by atoms with Crippen LogP contribution in [-0.4, -0.2) is 13.0 Å². The summed E-state index contributed by atoms with van der Waals surface area (Å²) in [6.07, 6.45) is 1.22. The minimum atomic E-state index is -0.601. The summed E-state index contributed by atoms with van der Waals surface area (Å²) >= 11 is 0. The highest BCUT2D eigenvalue weighted by molar-refractivity contribution is 6.09. The second kappa shape index (κ2) is 7.04. The van der Waals surface area contributed by atoms with Crippen molar-refractivity contribution in [3.63, 3.8) is 0 Å². The summed E-state index contributed by atoms with van der Waals surface area (Å²) in [5.74, 6) is -0.441. The Morgan fingerprint density at radius 1 is 1.23 bits per heavy atom. The van der Waals surface area contributed by atoms with Gasteiger partial charge < -0.3 is 10.1 Å². The Morgan fingerprint density at radius 2 is 1.91 bits per heavy atom. The summed E-state index contributed by atoms with van der Waals surface area (Å²) in [5, 5.41) is 11.7. The van der Waals surface area contributed by atoms with Gasteiger partial charge >= 0.3 is 0 Å². The lowest BCUT2D eigenvalue weighted by molar-refractivity contribution is -0.112. The van der Waals surface area contributed by atoms with Gasteiger partial charge in [-0.25, -0.2) is 4.39 Å². The summed E-state index contributed by atoms with van der Waals surface area (Å²) in [6, 6.07) is 14.4. The number of ether oxygens (including phenoxy) is 1. The van der Waals surface area contributed by atoms with E-state index in [1.165, 1.54) is 24.3 Å². The third-order valence-corrected chi connectivity index (χ3v) is 2.92. The maximum Gasteiger partial charge on any atom is 0.266 e. The van der Waals surface area contributed by atoms with Gasteiger partial charge in [0.15, 0.2) is 0 Å². The number of carbonyl (C=O) groups is 1. The Balaban J connectivity index is 2.19. The molecule has 0 fully saturated rings. The van der Waals surface area contributed by atoms with Crippen LogP contribution in [0, 0.1) is 17.1 Å². The number of nitriles is 1. The molecule has 0 unspecified atom stereocenters. The van der Waals surface area contributed by atoms with E-state index in [1.54, 1.807) is 43.5 Å². The van der Waals surface area contributed by atoms with Crippen LogP contribution in [-0.2, 0) is 4.79 Å². The molecule has 2 aromatic rings. The molecule has 22 heavy (non-hydrogen) atoms. The molecular formula is C17H13FN2O2. The number of hydrogen-bond acceptors (Lipinski definition) is 3. The normalized spacial score (nSPS) is 10.7. The lowest BCUT2D eigenvalue weighted by Gasteiger charge is -2.05. The van der Waals surface area contributed by atoms with Crippen LogP contribution in [0.5, 0.6) is 5.75 Å². The molecule has 0 saturated heterocycles. The lowest BCUT2D eigenvalue weighted by atomic mass is 10.1. The average Bonchev–Trinajstić information content (AvgIpc) is 2.54. The van der Waals surface area contributed by atoms with E-state index in [4.69, 9.17) is 10.00 Å². The Hall–Kier alpha value is -3.13. The number of nitrogens with one attached hydrogen (secondary N) is 1. The van der Waals surface area contributed by atoms with Gasteiger partial charge in [0.2, 0.25) is 0 Å². The van der Waals surface area contributed by atoms with Crippen LogP contribution in [0.3, 0.4) is 0 Å². The first-order valence-electron chi connectivity index (χ1n) is 6.46. The predicted octanol–water partition coefficient (Wildman–Crippen LogP) is 3.38. The first-order chi connectivity index (χ1) is 10.6. The van der Waals surface area contributed by atoms with Gasteiger partial charge in [-0.15, -0.1) is 0 Å². The first kappa shape index (κ1) is 15.3. The molecule has 0 saturated carbocycles. The second-order valence-corrected chi connectivity index (χ2v) is 4.37. The van der Waals surface area contributed by atoms with Gasteiger partial charge in [0.05, 0.1) is 7.11 Å². The van der Waals surface area contributed by atoms with Gasteiger partial charge in [0.25, 0.3) is 5.91 Å². The van der Waals surface area contributed by atoms with Crippen molar-refractivity contribution in [3.05, 3.63) is 65.5 Å². The molecule has 110 valence electrons. The molecule has 5 heteroatoms. The number of anilines is 1. The maximum atomic E-state index is 13.6. The quantitative estimate of drug-likeness (QED) is 0.695. The van der Waals surface area contributed by atoms with Crippen LogP contribution in [0.25, 0.3) is 6.08 Å². The van der Waals surface area contributed by atoms with Gasteiger partial charge in [-0.2, -0.15) is 5.26 Å². The van der Waals surface area contributed by atoms with E-state index in [9.17, 15) is 9.18 Å². The largest absolute Gasteiger partial charge is 0.497 e. The monoisotopic (exact) mass is 296 g/mol. The van der Waals surface area contributed by atoms with Crippen molar-refractivity contribution < 1.29 is 13.9 Å². The molecule has 1 N–H and O–H groups in total. The van der Waals surface area contributed by atoms with Crippen LogP contribution in [0.15, 0.2) is 54.1 Å². The predicted molar refractivity (Wildman–Crippen MR) is 81.6 cm³/mol. The standard InChI is InChI=1S/C17H13FN2O2/c1-22-15-8-6-14(7-9-15)20-17(21)13(11-19)10-12-4-2-3-5-16(12)18/h2-10H,1H3,(H,20,21)/b13-10-. The van der Waals surface area contributed by atoms with Crippen molar-refractivity contribution in [1.29, 1.82) is 5.26 Å². The highest BCUT2D eigenvalue weighted by Crippen LogP contribution is 2.17. The van der Waals surface area contributed by atoms with Gasteiger partial charge in [-0.1, -0.05) is 18.2 Å². The highest BCUT2D eigenvalue weighted by Gasteiger charge is 2.10. The fourth-order valence-corrected chi connectivity index (χ4v) is 1.77. The van der Waals surface area contributed by atoms with Crippen molar-refractivity contribution >= 4 is 17.7 Å². The molecule has 0 aliphatic carbocycles. The molecule has 0 spiro atoms. The van der Waals surface area contributed by atoms with Gasteiger partial charge in [0.1, 0.15) is 23.2 Å². The highest BCUT2D eigenvalue weighted by atomic mass is 19.1. The number of rotatable bonds is 4. The van der Waals surface area contributed by atoms with Crippen LogP contribution in [0.2, 0.25) is 0 Å². The number of nitrogens with zero attached hydrogens (tertiary/aromatic N) is 1. The van der Waals surface area contributed by atoms with E-state index >= 15 is 0 Å². The topological polar surface area (TPSA) is 62.1 Å². The summed E-state index contributed by atoms with van der Waals surface area (Å²) in [4.78, 5) is 12.1. The minimum Gasteiger partial charge on any atom is -0.497 e. The number of hydrogen-bond donors (Lipinski definition) is 1. The second-order valence-electron chi connectivity index (χ2n) is 4.37. The fourth-order valence-electron chi connectivity index (χ4n) is 1.77. The molecule has 0 radical (unpaired) electrons. The third kappa shape index (κ3) is 3.70.